The molecule has 1 aromatic heterocycles. The fraction of sp³-hybridized carbons (Fsp3) is 0.467. The summed E-state index contributed by atoms with van der Waals surface area (Å²) in [6.07, 6.45) is -4.12. The molecule has 8 heteroatoms. The second-order valence-corrected chi connectivity index (χ2v) is 6.80. The maximum absolute atomic E-state index is 13.4. The first-order chi connectivity index (χ1) is 10.8. The van der Waals surface area contributed by atoms with Gasteiger partial charge in [0.15, 0.2) is 0 Å². The van der Waals surface area contributed by atoms with Crippen molar-refractivity contribution in [2.24, 2.45) is 5.92 Å². The van der Waals surface area contributed by atoms with E-state index in [1.54, 1.807) is 24.3 Å². The highest BCUT2D eigenvalue weighted by molar-refractivity contribution is 7.18. The summed E-state index contributed by atoms with van der Waals surface area (Å²) in [5.74, 6) is -0.476. The maximum Gasteiger partial charge on any atom is 0.424 e. The Kier molecular flexibility index (Phi) is 4.05. The first kappa shape index (κ1) is 16.2. The molecule has 4 nitrogen and oxygen atoms in total. The number of nitrogens with one attached hydrogen (secondary N) is 1. The number of para-hydroxylation sites is 1. The minimum absolute atomic E-state index is 0.348. The smallest absolute Gasteiger partial charge is 0.374 e. The average molecular weight is 344 g/mol. The summed E-state index contributed by atoms with van der Waals surface area (Å²) in [5, 5.41) is 12.2. The number of carbonyl (C=O) groups excluding carboxylic acids is 1. The summed E-state index contributed by atoms with van der Waals surface area (Å²) in [5.41, 5.74) is -2.90. The fourth-order valence-electron chi connectivity index (χ4n) is 2.22. The number of amides is 1. The molecule has 1 heterocycles. The molecule has 124 valence electrons. The van der Waals surface area contributed by atoms with Crippen LogP contribution in [0.2, 0.25) is 0 Å². The van der Waals surface area contributed by atoms with E-state index in [0.29, 0.717) is 22.7 Å². The highest BCUT2D eigenvalue weighted by Crippen LogP contribution is 2.44. The van der Waals surface area contributed by atoms with Gasteiger partial charge in [0.2, 0.25) is 11.5 Å². The number of hydrogen-bond donors (Lipinski definition) is 2. The summed E-state index contributed by atoms with van der Waals surface area (Å²) in [7, 11) is 0. The molecule has 0 spiro atoms. The van der Waals surface area contributed by atoms with Gasteiger partial charge in [-0.15, -0.1) is 11.3 Å². The zero-order valence-electron chi connectivity index (χ0n) is 12.1. The van der Waals surface area contributed by atoms with E-state index in [1.165, 1.54) is 0 Å². The number of aromatic nitrogens is 1. The summed E-state index contributed by atoms with van der Waals surface area (Å²) >= 11 is 0.749. The molecule has 1 atom stereocenters. The van der Waals surface area contributed by atoms with Gasteiger partial charge in [0, 0.05) is 6.54 Å². The molecule has 1 aliphatic carbocycles. The van der Waals surface area contributed by atoms with E-state index in [1.807, 2.05) is 0 Å². The molecular formula is C15H15F3N2O2S. The number of halogens is 3. The van der Waals surface area contributed by atoms with Crippen molar-refractivity contribution in [3.05, 3.63) is 29.3 Å². The highest BCUT2D eigenvalue weighted by Gasteiger charge is 2.58. The summed E-state index contributed by atoms with van der Waals surface area (Å²) in [6, 6.07) is 6.53. The molecule has 0 unspecified atom stereocenters. The first-order valence-electron chi connectivity index (χ1n) is 7.21. The lowest BCUT2D eigenvalue weighted by atomic mass is 9.99. The normalized spacial score (nSPS) is 17.9. The van der Waals surface area contributed by atoms with Crippen molar-refractivity contribution in [3.63, 3.8) is 0 Å². The molecule has 0 saturated heterocycles. The molecule has 1 fully saturated rings. The highest BCUT2D eigenvalue weighted by atomic mass is 32.1. The van der Waals surface area contributed by atoms with E-state index in [2.05, 4.69) is 10.3 Å². The van der Waals surface area contributed by atoms with Crippen LogP contribution in [0.15, 0.2) is 24.3 Å². The molecule has 1 aliphatic rings. The topological polar surface area (TPSA) is 62.2 Å². The van der Waals surface area contributed by atoms with Gasteiger partial charge in [-0.2, -0.15) is 13.2 Å². The zero-order chi connectivity index (χ0) is 16.7. The van der Waals surface area contributed by atoms with Crippen LogP contribution in [0.4, 0.5) is 13.2 Å². The lowest BCUT2D eigenvalue weighted by molar-refractivity contribution is -0.267. The average Bonchev–Trinajstić information content (AvgIpc) is 3.20. The molecule has 1 amide bonds. The number of carbonyl (C=O) groups is 1. The van der Waals surface area contributed by atoms with Crippen molar-refractivity contribution >= 4 is 27.5 Å². The van der Waals surface area contributed by atoms with Crippen LogP contribution in [0, 0.1) is 5.92 Å². The van der Waals surface area contributed by atoms with Crippen LogP contribution in [-0.2, 0) is 10.4 Å². The standard InChI is InChI=1S/C15H15F3N2O2S/c16-15(17,18)14(22,7-12(21)19-8-9-5-6-9)13-20-10-3-1-2-4-11(10)23-13/h1-4,9,22H,5-8H2,(H,19,21)/t14-/m0/s1. The number of thiazole rings is 1. The Balaban J connectivity index is 1.87. The van der Waals surface area contributed by atoms with Gasteiger partial charge in [0.05, 0.1) is 16.6 Å². The number of benzene rings is 1. The molecular weight excluding hydrogens is 329 g/mol. The van der Waals surface area contributed by atoms with Crippen LogP contribution in [0.5, 0.6) is 0 Å². The second-order valence-electron chi connectivity index (χ2n) is 5.77. The van der Waals surface area contributed by atoms with E-state index >= 15 is 0 Å². The van der Waals surface area contributed by atoms with Crippen molar-refractivity contribution in [3.8, 4) is 0 Å². The number of hydrogen-bond acceptors (Lipinski definition) is 4. The van der Waals surface area contributed by atoms with E-state index in [4.69, 9.17) is 0 Å². The molecule has 0 aliphatic heterocycles. The van der Waals surface area contributed by atoms with Crippen LogP contribution in [0.3, 0.4) is 0 Å². The lowest BCUT2D eigenvalue weighted by Gasteiger charge is -2.27. The number of nitrogens with zero attached hydrogens (tertiary/aromatic N) is 1. The van der Waals surface area contributed by atoms with E-state index in [-0.39, 0.29) is 0 Å². The van der Waals surface area contributed by atoms with Gasteiger partial charge in [-0.3, -0.25) is 4.79 Å². The van der Waals surface area contributed by atoms with Crippen molar-refractivity contribution in [2.75, 3.05) is 6.54 Å². The zero-order valence-corrected chi connectivity index (χ0v) is 12.9. The van der Waals surface area contributed by atoms with E-state index in [0.717, 1.165) is 24.2 Å². The summed E-state index contributed by atoms with van der Waals surface area (Å²) in [6.45, 7) is 0.354. The molecule has 0 bridgehead atoms. The van der Waals surface area contributed by atoms with Crippen LogP contribution in [-0.4, -0.2) is 28.7 Å². The first-order valence-corrected chi connectivity index (χ1v) is 8.03. The number of fused-ring (bicyclic) bond motifs is 1. The van der Waals surface area contributed by atoms with Crippen molar-refractivity contribution in [2.45, 2.75) is 31.0 Å². The molecule has 1 saturated carbocycles. The molecule has 23 heavy (non-hydrogen) atoms. The third-order valence-electron chi connectivity index (χ3n) is 3.82. The number of aliphatic hydroxyl groups is 1. The quantitative estimate of drug-likeness (QED) is 0.877. The molecule has 2 N–H and O–H groups in total. The molecule has 0 radical (unpaired) electrons. The van der Waals surface area contributed by atoms with Crippen molar-refractivity contribution in [1.29, 1.82) is 0 Å². The third kappa shape index (κ3) is 3.32. The Hall–Kier alpha value is -1.67. The fourth-order valence-corrected chi connectivity index (χ4v) is 3.30. The Labute approximate surface area is 134 Å². The summed E-state index contributed by atoms with van der Waals surface area (Å²) < 4.78 is 40.8. The van der Waals surface area contributed by atoms with Crippen LogP contribution >= 0.6 is 11.3 Å². The summed E-state index contributed by atoms with van der Waals surface area (Å²) in [4.78, 5) is 15.7. The predicted octanol–water partition coefficient (Wildman–Crippen LogP) is 2.96. The third-order valence-corrected chi connectivity index (χ3v) is 5.01. The Bertz CT molecular complexity index is 694. The van der Waals surface area contributed by atoms with Gasteiger partial charge >= 0.3 is 6.18 Å². The number of alkyl halides is 3. The van der Waals surface area contributed by atoms with E-state index in [9.17, 15) is 23.1 Å². The van der Waals surface area contributed by atoms with Crippen LogP contribution in [0.1, 0.15) is 24.3 Å². The van der Waals surface area contributed by atoms with Gasteiger partial charge < -0.3 is 10.4 Å². The Morgan fingerprint density at radius 2 is 2.04 bits per heavy atom. The minimum atomic E-state index is -4.99. The maximum atomic E-state index is 13.4. The molecule has 2 aromatic rings. The van der Waals surface area contributed by atoms with Crippen molar-refractivity contribution in [1.82, 2.24) is 10.3 Å². The molecule has 1 aromatic carbocycles. The second kappa shape index (κ2) is 5.76. The van der Waals surface area contributed by atoms with Gasteiger partial charge in [-0.25, -0.2) is 4.98 Å². The lowest BCUT2D eigenvalue weighted by Crippen LogP contribution is -2.46. The Morgan fingerprint density at radius 3 is 2.65 bits per heavy atom. The monoisotopic (exact) mass is 344 g/mol. The van der Waals surface area contributed by atoms with Gasteiger partial charge in [-0.05, 0) is 30.9 Å². The predicted molar refractivity (Wildman–Crippen MR) is 79.9 cm³/mol. The molecule has 3 rings (SSSR count). The van der Waals surface area contributed by atoms with Gasteiger partial charge in [0.1, 0.15) is 5.01 Å². The van der Waals surface area contributed by atoms with Crippen molar-refractivity contribution < 1.29 is 23.1 Å². The Morgan fingerprint density at radius 1 is 1.35 bits per heavy atom. The number of rotatable bonds is 5. The van der Waals surface area contributed by atoms with Crippen LogP contribution in [0.25, 0.3) is 10.2 Å². The van der Waals surface area contributed by atoms with Gasteiger partial charge in [0.25, 0.3) is 0 Å². The van der Waals surface area contributed by atoms with Gasteiger partial charge in [-0.1, -0.05) is 12.1 Å². The largest absolute Gasteiger partial charge is 0.424 e. The minimum Gasteiger partial charge on any atom is -0.374 e. The SMILES string of the molecule is O=C(C[C@](O)(c1nc2ccccc2s1)C(F)(F)F)NCC1CC1. The van der Waals surface area contributed by atoms with Crippen LogP contribution < -0.4 is 5.32 Å². The van der Waals surface area contributed by atoms with E-state index < -0.39 is 29.1 Å².